The van der Waals surface area contributed by atoms with Gasteiger partial charge in [-0.25, -0.2) is 0 Å². The number of carbonyl (C=O) groups excluding carboxylic acids is 1. The molecule has 2 heterocycles. The molecule has 0 N–H and O–H groups in total. The van der Waals surface area contributed by atoms with Gasteiger partial charge in [0.25, 0.3) is 5.91 Å². The summed E-state index contributed by atoms with van der Waals surface area (Å²) < 4.78 is 12.1. The van der Waals surface area contributed by atoms with Crippen molar-refractivity contribution in [2.24, 2.45) is 0 Å². The van der Waals surface area contributed by atoms with Gasteiger partial charge in [0.15, 0.2) is 0 Å². The number of nitrogens with zero attached hydrogens (tertiary/aromatic N) is 2. The van der Waals surface area contributed by atoms with Gasteiger partial charge in [-0.2, -0.15) is 0 Å². The first-order valence-electron chi connectivity index (χ1n) is 6.94. The molecular formula is C16H16N2O2S. The van der Waals surface area contributed by atoms with Gasteiger partial charge >= 0.3 is 0 Å². The molecule has 108 valence electrons. The van der Waals surface area contributed by atoms with Crippen LogP contribution in [0.2, 0.25) is 0 Å². The van der Waals surface area contributed by atoms with Gasteiger partial charge in [-0.1, -0.05) is 19.1 Å². The van der Waals surface area contributed by atoms with E-state index in [1.54, 1.807) is 29.4 Å². The van der Waals surface area contributed by atoms with Crippen molar-refractivity contribution in [3.63, 3.8) is 0 Å². The molecule has 1 aromatic carbocycles. The van der Waals surface area contributed by atoms with Crippen LogP contribution in [0, 0.1) is 0 Å². The van der Waals surface area contributed by atoms with Crippen LogP contribution in [0.4, 0.5) is 5.69 Å². The SMILES string of the molecule is CC[S@](=O)c1ccccc1C(=O)N1CCc2cnccc21. The minimum atomic E-state index is -1.14. The number of amides is 1. The molecule has 0 radical (unpaired) electrons. The highest BCUT2D eigenvalue weighted by atomic mass is 32.2. The zero-order valence-corrected chi connectivity index (χ0v) is 12.6. The van der Waals surface area contributed by atoms with Gasteiger partial charge in [-0.05, 0) is 30.2 Å². The molecule has 21 heavy (non-hydrogen) atoms. The summed E-state index contributed by atoms with van der Waals surface area (Å²) in [6, 6.07) is 9.02. The van der Waals surface area contributed by atoms with Gasteiger partial charge in [-0.3, -0.25) is 14.0 Å². The van der Waals surface area contributed by atoms with Crippen LogP contribution in [0.5, 0.6) is 0 Å². The van der Waals surface area contributed by atoms with E-state index in [9.17, 15) is 9.00 Å². The van der Waals surface area contributed by atoms with Crippen molar-refractivity contribution in [3.05, 3.63) is 53.9 Å². The topological polar surface area (TPSA) is 50.3 Å². The molecule has 1 atom stereocenters. The van der Waals surface area contributed by atoms with E-state index in [4.69, 9.17) is 0 Å². The standard InChI is InChI=1S/C16H16N2O2S/c1-2-21(20)15-6-4-3-5-13(15)16(19)18-10-8-12-11-17-9-7-14(12)18/h3-7,9,11H,2,8,10H2,1H3/t21-/m0/s1. The van der Waals surface area contributed by atoms with Crippen molar-refractivity contribution in [3.8, 4) is 0 Å². The molecule has 4 nitrogen and oxygen atoms in total. The molecule has 1 aromatic heterocycles. The fourth-order valence-corrected chi connectivity index (χ4v) is 3.52. The average molecular weight is 300 g/mol. The third kappa shape index (κ3) is 2.49. The molecule has 3 rings (SSSR count). The van der Waals surface area contributed by atoms with Gasteiger partial charge < -0.3 is 4.90 Å². The molecule has 0 saturated heterocycles. The van der Waals surface area contributed by atoms with Crippen LogP contribution < -0.4 is 4.90 Å². The highest BCUT2D eigenvalue weighted by Gasteiger charge is 2.27. The maximum absolute atomic E-state index is 12.8. The molecule has 0 fully saturated rings. The lowest BCUT2D eigenvalue weighted by Gasteiger charge is -2.18. The third-order valence-corrected chi connectivity index (χ3v) is 5.01. The number of fused-ring (bicyclic) bond motifs is 1. The number of hydrogen-bond donors (Lipinski definition) is 0. The zero-order valence-electron chi connectivity index (χ0n) is 11.8. The van der Waals surface area contributed by atoms with Gasteiger partial charge in [-0.15, -0.1) is 0 Å². The van der Waals surface area contributed by atoms with Crippen LogP contribution >= 0.6 is 0 Å². The largest absolute Gasteiger partial charge is 0.308 e. The summed E-state index contributed by atoms with van der Waals surface area (Å²) in [4.78, 5) is 19.3. The average Bonchev–Trinajstić information content (AvgIpc) is 2.97. The van der Waals surface area contributed by atoms with Crippen LogP contribution in [0.3, 0.4) is 0 Å². The quantitative estimate of drug-likeness (QED) is 0.874. The molecule has 0 saturated carbocycles. The number of benzene rings is 1. The molecule has 1 aliphatic heterocycles. The molecule has 5 heteroatoms. The minimum Gasteiger partial charge on any atom is -0.308 e. The van der Waals surface area contributed by atoms with E-state index in [2.05, 4.69) is 4.98 Å². The maximum Gasteiger partial charge on any atom is 0.259 e. The number of anilines is 1. The van der Waals surface area contributed by atoms with E-state index in [0.717, 1.165) is 17.7 Å². The first kappa shape index (κ1) is 13.9. The Morgan fingerprint density at radius 2 is 2.14 bits per heavy atom. The lowest BCUT2D eigenvalue weighted by Crippen LogP contribution is -2.29. The fraction of sp³-hybridized carbons (Fsp3) is 0.250. The van der Waals surface area contributed by atoms with Gasteiger partial charge in [0.05, 0.1) is 26.9 Å². The summed E-state index contributed by atoms with van der Waals surface area (Å²) in [5.74, 6) is 0.419. The summed E-state index contributed by atoms with van der Waals surface area (Å²) in [7, 11) is -1.14. The first-order chi connectivity index (χ1) is 10.2. The molecular weight excluding hydrogens is 284 g/mol. The molecule has 1 amide bonds. The predicted molar refractivity (Wildman–Crippen MR) is 83.0 cm³/mol. The van der Waals surface area contributed by atoms with Crippen molar-refractivity contribution in [1.82, 2.24) is 4.98 Å². The molecule has 2 aromatic rings. The Bertz CT molecular complexity index is 715. The fourth-order valence-electron chi connectivity index (χ4n) is 2.58. The van der Waals surface area contributed by atoms with E-state index in [-0.39, 0.29) is 5.91 Å². The van der Waals surface area contributed by atoms with Crippen LogP contribution in [0.25, 0.3) is 0 Å². The highest BCUT2D eigenvalue weighted by molar-refractivity contribution is 7.85. The van der Waals surface area contributed by atoms with E-state index >= 15 is 0 Å². The summed E-state index contributed by atoms with van der Waals surface area (Å²) in [5, 5.41) is 0. The molecule has 1 aliphatic rings. The molecule has 0 unspecified atom stereocenters. The zero-order chi connectivity index (χ0) is 14.8. The summed E-state index contributed by atoms with van der Waals surface area (Å²) in [6.45, 7) is 2.50. The summed E-state index contributed by atoms with van der Waals surface area (Å²) in [6.07, 6.45) is 4.31. The van der Waals surface area contributed by atoms with Gasteiger partial charge in [0.1, 0.15) is 0 Å². The Morgan fingerprint density at radius 3 is 2.95 bits per heavy atom. The van der Waals surface area contributed by atoms with Crippen molar-refractivity contribution in [2.45, 2.75) is 18.2 Å². The van der Waals surface area contributed by atoms with E-state index in [0.29, 0.717) is 22.8 Å². The highest BCUT2D eigenvalue weighted by Crippen LogP contribution is 2.29. The van der Waals surface area contributed by atoms with Crippen molar-refractivity contribution < 1.29 is 9.00 Å². The second-order valence-electron chi connectivity index (χ2n) is 4.84. The number of aromatic nitrogens is 1. The summed E-state index contributed by atoms with van der Waals surface area (Å²) >= 11 is 0. The number of pyridine rings is 1. The smallest absolute Gasteiger partial charge is 0.259 e. The van der Waals surface area contributed by atoms with Crippen molar-refractivity contribution >= 4 is 22.4 Å². The Labute approximate surface area is 126 Å². The Hall–Kier alpha value is -2.01. The lowest BCUT2D eigenvalue weighted by atomic mass is 10.2. The van der Waals surface area contributed by atoms with Crippen LogP contribution in [-0.2, 0) is 17.2 Å². The Kier molecular flexibility index (Phi) is 3.84. The normalized spacial score (nSPS) is 14.8. The van der Waals surface area contributed by atoms with E-state index in [1.807, 2.05) is 25.1 Å². The minimum absolute atomic E-state index is 0.0858. The van der Waals surface area contributed by atoms with Crippen molar-refractivity contribution in [2.75, 3.05) is 17.2 Å². The first-order valence-corrected chi connectivity index (χ1v) is 8.26. The number of carbonyl (C=O) groups is 1. The Morgan fingerprint density at radius 1 is 1.33 bits per heavy atom. The second kappa shape index (κ2) is 5.77. The number of hydrogen-bond acceptors (Lipinski definition) is 3. The number of rotatable bonds is 3. The maximum atomic E-state index is 12.8. The van der Waals surface area contributed by atoms with Crippen LogP contribution in [0.1, 0.15) is 22.8 Å². The second-order valence-corrected chi connectivity index (χ2v) is 6.55. The van der Waals surface area contributed by atoms with Crippen LogP contribution in [0.15, 0.2) is 47.6 Å². The van der Waals surface area contributed by atoms with E-state index in [1.165, 1.54) is 0 Å². The van der Waals surface area contributed by atoms with E-state index < -0.39 is 10.8 Å². The predicted octanol–water partition coefficient (Wildman–Crippen LogP) is 2.41. The Balaban J connectivity index is 1.99. The summed E-state index contributed by atoms with van der Waals surface area (Å²) in [5.41, 5.74) is 2.52. The third-order valence-electron chi connectivity index (χ3n) is 3.64. The molecule has 0 spiro atoms. The molecule has 0 aliphatic carbocycles. The lowest BCUT2D eigenvalue weighted by molar-refractivity contribution is 0.0986. The van der Waals surface area contributed by atoms with Gasteiger partial charge in [0, 0.05) is 24.7 Å². The monoisotopic (exact) mass is 300 g/mol. The van der Waals surface area contributed by atoms with Crippen molar-refractivity contribution in [1.29, 1.82) is 0 Å². The van der Waals surface area contributed by atoms with Crippen LogP contribution in [-0.4, -0.2) is 27.4 Å². The molecule has 0 bridgehead atoms. The van der Waals surface area contributed by atoms with Gasteiger partial charge in [0.2, 0.25) is 0 Å².